The van der Waals surface area contributed by atoms with Gasteiger partial charge in [-0.15, -0.1) is 11.8 Å². The Morgan fingerprint density at radius 1 is 1.30 bits per heavy atom. The molecule has 0 bridgehead atoms. The van der Waals surface area contributed by atoms with E-state index in [4.69, 9.17) is 5.73 Å². The number of anilines is 1. The molecule has 1 aromatic carbocycles. The van der Waals surface area contributed by atoms with Crippen molar-refractivity contribution >= 4 is 23.5 Å². The van der Waals surface area contributed by atoms with Crippen molar-refractivity contribution < 1.29 is 9.72 Å². The second-order valence-corrected chi connectivity index (χ2v) is 7.89. The highest BCUT2D eigenvalue weighted by Crippen LogP contribution is 2.37. The van der Waals surface area contributed by atoms with Gasteiger partial charge >= 0.3 is 0 Å². The summed E-state index contributed by atoms with van der Waals surface area (Å²) >= 11 is 1.36. The van der Waals surface area contributed by atoms with Crippen molar-refractivity contribution in [1.82, 2.24) is 20.2 Å². The average molecular weight is 429 g/mol. The standard InChI is InChI=1S/C20H24N6O3S/c1-30-16(13-26(28)29)25-11-7-20(8-12-25,15-5-3-2-4-6-15)14-24-19(27)17-18(21)23-10-9-22-17/h2-6,9-10,13H,7-8,11-12,14H2,1H3,(H2,21,23)(H,24,27). The second-order valence-electron chi connectivity index (χ2n) is 7.06. The smallest absolute Gasteiger partial charge is 0.273 e. The van der Waals surface area contributed by atoms with Gasteiger partial charge in [0.2, 0.25) is 0 Å². The molecule has 0 aliphatic carbocycles. The molecule has 2 heterocycles. The van der Waals surface area contributed by atoms with Gasteiger partial charge in [0.15, 0.2) is 11.5 Å². The molecule has 10 heteroatoms. The molecule has 0 atom stereocenters. The van der Waals surface area contributed by atoms with Gasteiger partial charge in [-0.2, -0.15) is 0 Å². The Bertz CT molecular complexity index is 929. The largest absolute Gasteiger partial charge is 0.382 e. The van der Waals surface area contributed by atoms with E-state index >= 15 is 0 Å². The minimum Gasteiger partial charge on any atom is -0.382 e. The third kappa shape index (κ3) is 4.88. The van der Waals surface area contributed by atoms with Crippen molar-refractivity contribution in [3.05, 3.63) is 75.3 Å². The number of rotatable bonds is 7. The molecule has 1 saturated heterocycles. The zero-order chi connectivity index (χ0) is 21.6. The number of nitrogen functional groups attached to an aromatic ring is 1. The van der Waals surface area contributed by atoms with E-state index in [1.54, 1.807) is 0 Å². The summed E-state index contributed by atoms with van der Waals surface area (Å²) in [6, 6.07) is 10.0. The number of nitrogens with two attached hydrogens (primary N) is 1. The zero-order valence-electron chi connectivity index (χ0n) is 16.7. The van der Waals surface area contributed by atoms with Crippen LogP contribution in [0.2, 0.25) is 0 Å². The van der Waals surface area contributed by atoms with Crippen LogP contribution in [0.25, 0.3) is 0 Å². The highest BCUT2D eigenvalue weighted by Gasteiger charge is 2.37. The second kappa shape index (κ2) is 9.57. The van der Waals surface area contributed by atoms with Gasteiger partial charge in [-0.25, -0.2) is 9.97 Å². The monoisotopic (exact) mass is 428 g/mol. The normalized spacial score (nSPS) is 16.2. The molecule has 9 nitrogen and oxygen atoms in total. The van der Waals surface area contributed by atoms with Crippen molar-refractivity contribution in [1.29, 1.82) is 0 Å². The molecular weight excluding hydrogens is 404 g/mol. The van der Waals surface area contributed by atoms with E-state index in [0.29, 0.717) is 24.7 Å². The molecule has 1 fully saturated rings. The van der Waals surface area contributed by atoms with Crippen molar-refractivity contribution in [2.24, 2.45) is 0 Å². The van der Waals surface area contributed by atoms with E-state index in [1.165, 1.54) is 24.2 Å². The maximum atomic E-state index is 12.6. The molecule has 1 amide bonds. The number of hydrogen-bond acceptors (Lipinski definition) is 8. The fourth-order valence-electron chi connectivity index (χ4n) is 3.72. The summed E-state index contributed by atoms with van der Waals surface area (Å²) in [5.74, 6) is -0.274. The topological polar surface area (TPSA) is 127 Å². The molecule has 3 rings (SSSR count). The Balaban J connectivity index is 1.78. The Kier molecular flexibility index (Phi) is 6.88. The summed E-state index contributed by atoms with van der Waals surface area (Å²) in [5, 5.41) is 14.5. The van der Waals surface area contributed by atoms with Crippen LogP contribution < -0.4 is 11.1 Å². The number of carbonyl (C=O) groups is 1. The number of aromatic nitrogens is 2. The summed E-state index contributed by atoms with van der Waals surface area (Å²) in [6.07, 6.45) is 7.24. The number of benzene rings is 1. The lowest BCUT2D eigenvalue weighted by atomic mass is 9.72. The number of likely N-dealkylation sites (tertiary alicyclic amines) is 1. The molecule has 2 aromatic rings. The van der Waals surface area contributed by atoms with Crippen molar-refractivity contribution in [2.75, 3.05) is 31.6 Å². The van der Waals surface area contributed by atoms with Gasteiger partial charge in [-0.1, -0.05) is 30.3 Å². The summed E-state index contributed by atoms with van der Waals surface area (Å²) in [7, 11) is 0. The lowest BCUT2D eigenvalue weighted by Gasteiger charge is -2.43. The first-order chi connectivity index (χ1) is 14.4. The van der Waals surface area contributed by atoms with Gasteiger partial charge in [0.25, 0.3) is 12.1 Å². The van der Waals surface area contributed by atoms with E-state index in [2.05, 4.69) is 27.4 Å². The molecule has 158 valence electrons. The van der Waals surface area contributed by atoms with Gasteiger partial charge in [0.1, 0.15) is 5.03 Å². The lowest BCUT2D eigenvalue weighted by molar-refractivity contribution is -0.403. The van der Waals surface area contributed by atoms with Crippen molar-refractivity contribution in [3.8, 4) is 0 Å². The predicted molar refractivity (Wildman–Crippen MR) is 116 cm³/mol. The molecule has 3 N–H and O–H groups in total. The molecule has 1 aromatic heterocycles. The van der Waals surface area contributed by atoms with Crippen LogP contribution in [0.5, 0.6) is 0 Å². The van der Waals surface area contributed by atoms with Crippen LogP contribution in [0.3, 0.4) is 0 Å². The van der Waals surface area contributed by atoms with Crippen molar-refractivity contribution in [2.45, 2.75) is 18.3 Å². The number of piperidine rings is 1. The van der Waals surface area contributed by atoms with Gasteiger partial charge in [-0.05, 0) is 24.7 Å². The summed E-state index contributed by atoms with van der Waals surface area (Å²) in [5.41, 5.74) is 6.72. The van der Waals surface area contributed by atoms with Gasteiger partial charge in [-0.3, -0.25) is 14.9 Å². The maximum absolute atomic E-state index is 12.6. The van der Waals surface area contributed by atoms with E-state index < -0.39 is 4.92 Å². The number of nitrogens with zero attached hydrogens (tertiary/aromatic N) is 4. The number of thioether (sulfide) groups is 1. The Morgan fingerprint density at radius 3 is 2.57 bits per heavy atom. The zero-order valence-corrected chi connectivity index (χ0v) is 17.5. The number of hydrogen-bond donors (Lipinski definition) is 2. The molecule has 0 unspecified atom stereocenters. The van der Waals surface area contributed by atoms with Crippen LogP contribution in [0, 0.1) is 10.1 Å². The molecule has 1 aliphatic rings. The van der Waals surface area contributed by atoms with Crippen LogP contribution in [-0.4, -0.2) is 51.6 Å². The third-order valence-electron chi connectivity index (χ3n) is 5.37. The summed E-state index contributed by atoms with van der Waals surface area (Å²) in [4.78, 5) is 33.1. The Morgan fingerprint density at radius 2 is 1.97 bits per heavy atom. The van der Waals surface area contributed by atoms with Gasteiger partial charge < -0.3 is 16.0 Å². The first-order valence-electron chi connectivity index (χ1n) is 9.50. The minimum atomic E-state index is -0.420. The molecule has 0 spiro atoms. The highest BCUT2D eigenvalue weighted by atomic mass is 32.2. The molecule has 1 aliphatic heterocycles. The molecule has 0 saturated carbocycles. The highest BCUT2D eigenvalue weighted by molar-refractivity contribution is 8.02. The lowest BCUT2D eigenvalue weighted by Crippen LogP contribution is -2.48. The van der Waals surface area contributed by atoms with Crippen LogP contribution >= 0.6 is 11.8 Å². The predicted octanol–water partition coefficient (Wildman–Crippen LogP) is 2.26. The van der Waals surface area contributed by atoms with Crippen molar-refractivity contribution in [3.63, 3.8) is 0 Å². The third-order valence-corrected chi connectivity index (χ3v) is 6.15. The fraction of sp³-hybridized carbons (Fsp3) is 0.350. The van der Waals surface area contributed by atoms with Crippen LogP contribution in [0.15, 0.2) is 54.0 Å². The molecule has 30 heavy (non-hydrogen) atoms. The van der Waals surface area contributed by atoms with Crippen LogP contribution in [0.1, 0.15) is 28.9 Å². The van der Waals surface area contributed by atoms with Gasteiger partial charge in [0.05, 0.1) is 4.92 Å². The first kappa shape index (κ1) is 21.6. The number of nitro groups is 1. The van der Waals surface area contributed by atoms with E-state index in [1.807, 2.05) is 29.4 Å². The number of nitrogens with one attached hydrogen (secondary N) is 1. The maximum Gasteiger partial charge on any atom is 0.273 e. The molecular formula is C20H24N6O3S. The Hall–Kier alpha value is -3.14. The SMILES string of the molecule is CSC(=C[N+](=O)[O-])N1CCC(CNC(=O)c2nccnc2N)(c2ccccc2)CC1. The minimum absolute atomic E-state index is 0.0908. The van der Waals surface area contributed by atoms with Crippen LogP contribution in [-0.2, 0) is 5.41 Å². The van der Waals surface area contributed by atoms with Gasteiger partial charge in [0, 0.05) is 37.4 Å². The number of amides is 1. The Labute approximate surface area is 178 Å². The quantitative estimate of drug-likeness (QED) is 0.508. The average Bonchev–Trinajstić information content (AvgIpc) is 2.77. The van der Waals surface area contributed by atoms with E-state index in [0.717, 1.165) is 24.6 Å². The first-order valence-corrected chi connectivity index (χ1v) is 10.7. The number of carbonyl (C=O) groups excluding carboxylic acids is 1. The summed E-state index contributed by atoms with van der Waals surface area (Å²) in [6.45, 7) is 1.71. The van der Waals surface area contributed by atoms with Crippen LogP contribution in [0.4, 0.5) is 5.82 Å². The summed E-state index contributed by atoms with van der Waals surface area (Å²) < 4.78 is 0. The van der Waals surface area contributed by atoms with E-state index in [9.17, 15) is 14.9 Å². The fourth-order valence-corrected chi connectivity index (χ4v) is 4.36. The molecule has 0 radical (unpaired) electrons. The van der Waals surface area contributed by atoms with E-state index in [-0.39, 0.29) is 22.8 Å².